The Balaban J connectivity index is 1.65. The molecule has 28 heavy (non-hydrogen) atoms. The van der Waals surface area contributed by atoms with Crippen LogP contribution in [0.25, 0.3) is 28.5 Å². The predicted molar refractivity (Wildman–Crippen MR) is 111 cm³/mol. The molecule has 1 aromatic heterocycles. The summed E-state index contributed by atoms with van der Waals surface area (Å²) >= 11 is 0. The van der Waals surface area contributed by atoms with Crippen LogP contribution in [-0.4, -0.2) is 21.3 Å². The van der Waals surface area contributed by atoms with Crippen LogP contribution in [0.3, 0.4) is 0 Å². The molecule has 2 N–H and O–H groups in total. The number of allylic oxidation sites excluding steroid dienone is 1. The van der Waals surface area contributed by atoms with Gasteiger partial charge in [-0.05, 0) is 61.6 Å². The summed E-state index contributed by atoms with van der Waals surface area (Å²) in [5.74, 6) is -1.02. The molecule has 0 saturated carbocycles. The lowest BCUT2D eigenvalue weighted by Gasteiger charge is -2.05. The fraction of sp³-hybridized carbons (Fsp3) is 0.208. The predicted octanol–water partition coefficient (Wildman–Crippen LogP) is 5.82. The molecule has 1 atom stereocenters. The van der Waals surface area contributed by atoms with E-state index in [0.717, 1.165) is 36.0 Å². The topological polar surface area (TPSA) is 53.4 Å². The van der Waals surface area contributed by atoms with Gasteiger partial charge in [-0.15, -0.1) is 0 Å². The molecule has 2 aromatic carbocycles. The number of hydrogen-bond acceptors (Lipinski definition) is 3. The number of aromatic hydroxyl groups is 1. The number of aromatic nitrogens is 1. The molecule has 0 saturated heterocycles. The minimum Gasteiger partial charge on any atom is -0.505 e. The average molecular weight is 377 g/mol. The largest absolute Gasteiger partial charge is 0.505 e. The monoisotopic (exact) mass is 377 g/mol. The zero-order valence-electron chi connectivity index (χ0n) is 15.8. The normalized spacial score (nSPS) is 12.4. The second-order valence-corrected chi connectivity index (χ2v) is 6.90. The Morgan fingerprint density at radius 2 is 1.71 bits per heavy atom. The van der Waals surface area contributed by atoms with Gasteiger partial charge in [0.25, 0.3) is 0 Å². The van der Waals surface area contributed by atoms with Crippen molar-refractivity contribution < 1.29 is 14.6 Å². The highest BCUT2D eigenvalue weighted by Crippen LogP contribution is 2.26. The molecule has 0 radical (unpaired) electrons. The van der Waals surface area contributed by atoms with Crippen molar-refractivity contribution in [3.63, 3.8) is 0 Å². The van der Waals surface area contributed by atoms with Crippen LogP contribution >= 0.6 is 0 Å². The Hall–Kier alpha value is -2.98. The van der Waals surface area contributed by atoms with Gasteiger partial charge in [-0.2, -0.15) is 0 Å². The van der Waals surface area contributed by atoms with Crippen LogP contribution in [0.2, 0.25) is 0 Å². The van der Waals surface area contributed by atoms with E-state index >= 15 is 0 Å². The molecule has 0 aliphatic heterocycles. The highest BCUT2D eigenvalue weighted by atomic mass is 19.1. The number of benzene rings is 2. The highest BCUT2D eigenvalue weighted by molar-refractivity contribution is 5.68. The lowest BCUT2D eigenvalue weighted by atomic mass is 10.0. The second-order valence-electron chi connectivity index (χ2n) is 6.90. The van der Waals surface area contributed by atoms with Gasteiger partial charge in [0.1, 0.15) is 0 Å². The minimum atomic E-state index is -0.655. The number of phenols is 1. The molecular formula is C24H24FNO2. The van der Waals surface area contributed by atoms with Gasteiger partial charge >= 0.3 is 0 Å². The molecule has 3 aromatic rings. The van der Waals surface area contributed by atoms with Crippen LogP contribution in [0.4, 0.5) is 4.39 Å². The molecule has 3 rings (SSSR count). The van der Waals surface area contributed by atoms with Crippen LogP contribution in [0.15, 0.2) is 66.9 Å². The van der Waals surface area contributed by atoms with E-state index in [2.05, 4.69) is 29.3 Å². The van der Waals surface area contributed by atoms with Crippen molar-refractivity contribution in [2.45, 2.75) is 32.3 Å². The number of aliphatic hydroxyl groups excluding tert-OH is 1. The SMILES string of the molecule is CC(O)CCCC=Cc1ccc(-c2ccc(-c3ccc(O)c(F)c3)nc2)cc1. The summed E-state index contributed by atoms with van der Waals surface area (Å²) in [4.78, 5) is 4.42. The summed E-state index contributed by atoms with van der Waals surface area (Å²) in [5.41, 5.74) is 4.44. The minimum absolute atomic E-state index is 0.235. The summed E-state index contributed by atoms with van der Waals surface area (Å²) < 4.78 is 13.5. The van der Waals surface area contributed by atoms with Crippen LogP contribution in [-0.2, 0) is 0 Å². The van der Waals surface area contributed by atoms with E-state index in [1.807, 2.05) is 31.2 Å². The molecule has 1 unspecified atom stereocenters. The van der Waals surface area contributed by atoms with Crippen molar-refractivity contribution >= 4 is 6.08 Å². The van der Waals surface area contributed by atoms with Gasteiger partial charge < -0.3 is 10.2 Å². The molecular weight excluding hydrogens is 353 g/mol. The first-order valence-electron chi connectivity index (χ1n) is 9.43. The van der Waals surface area contributed by atoms with Crippen LogP contribution in [0, 0.1) is 5.82 Å². The van der Waals surface area contributed by atoms with Crippen LogP contribution in [0.1, 0.15) is 31.7 Å². The summed E-state index contributed by atoms with van der Waals surface area (Å²) in [6, 6.07) is 16.3. The zero-order chi connectivity index (χ0) is 19.9. The Morgan fingerprint density at radius 1 is 1.00 bits per heavy atom. The maximum Gasteiger partial charge on any atom is 0.165 e. The fourth-order valence-corrected chi connectivity index (χ4v) is 2.94. The number of phenolic OH excluding ortho intramolecular Hbond substituents is 1. The van der Waals surface area contributed by atoms with Crippen molar-refractivity contribution in [3.05, 3.63) is 78.3 Å². The molecule has 0 fully saturated rings. The number of nitrogens with zero attached hydrogens (tertiary/aromatic N) is 1. The van der Waals surface area contributed by atoms with Crippen LogP contribution < -0.4 is 0 Å². The van der Waals surface area contributed by atoms with E-state index in [1.165, 1.54) is 12.1 Å². The van der Waals surface area contributed by atoms with E-state index in [0.29, 0.717) is 11.3 Å². The lowest BCUT2D eigenvalue weighted by molar-refractivity contribution is 0.182. The summed E-state index contributed by atoms with van der Waals surface area (Å²) in [6.07, 6.45) is 8.51. The van der Waals surface area contributed by atoms with E-state index < -0.39 is 5.82 Å². The molecule has 0 aliphatic carbocycles. The first-order valence-corrected chi connectivity index (χ1v) is 9.43. The molecule has 144 valence electrons. The number of unbranched alkanes of at least 4 members (excludes halogenated alkanes) is 1. The molecule has 1 heterocycles. The Bertz CT molecular complexity index is 932. The average Bonchev–Trinajstić information content (AvgIpc) is 2.70. The first kappa shape index (κ1) is 19.8. The lowest BCUT2D eigenvalue weighted by Crippen LogP contribution is -1.97. The number of hydrogen-bond donors (Lipinski definition) is 2. The smallest absolute Gasteiger partial charge is 0.165 e. The number of aliphatic hydroxyl groups is 1. The van der Waals surface area contributed by atoms with Gasteiger partial charge in [-0.25, -0.2) is 4.39 Å². The molecule has 0 spiro atoms. The molecule has 3 nitrogen and oxygen atoms in total. The van der Waals surface area contributed by atoms with E-state index in [9.17, 15) is 14.6 Å². The first-order chi connectivity index (χ1) is 13.5. The molecule has 0 amide bonds. The third-order valence-corrected chi connectivity index (χ3v) is 4.55. The Morgan fingerprint density at radius 3 is 2.36 bits per heavy atom. The number of rotatable bonds is 7. The Labute approximate surface area is 164 Å². The van der Waals surface area contributed by atoms with Gasteiger partial charge in [0.2, 0.25) is 0 Å². The van der Waals surface area contributed by atoms with Gasteiger partial charge in [-0.3, -0.25) is 4.98 Å². The third-order valence-electron chi connectivity index (χ3n) is 4.55. The van der Waals surface area contributed by atoms with E-state index in [4.69, 9.17) is 0 Å². The van der Waals surface area contributed by atoms with Gasteiger partial charge in [0, 0.05) is 17.3 Å². The summed E-state index contributed by atoms with van der Waals surface area (Å²) in [6.45, 7) is 1.81. The van der Waals surface area contributed by atoms with Crippen molar-refractivity contribution in [1.29, 1.82) is 0 Å². The molecule has 4 heteroatoms. The quantitative estimate of drug-likeness (QED) is 0.510. The number of pyridine rings is 1. The zero-order valence-corrected chi connectivity index (χ0v) is 15.8. The van der Waals surface area contributed by atoms with Crippen LogP contribution in [0.5, 0.6) is 5.75 Å². The van der Waals surface area contributed by atoms with E-state index in [-0.39, 0.29) is 11.9 Å². The molecule has 0 bridgehead atoms. The Kier molecular flexibility index (Phi) is 6.56. The number of halogens is 1. The van der Waals surface area contributed by atoms with Gasteiger partial charge in [0.05, 0.1) is 11.8 Å². The molecule has 0 aliphatic rings. The van der Waals surface area contributed by atoms with Crippen molar-refractivity contribution in [2.75, 3.05) is 0 Å². The standard InChI is InChI=1S/C24H24FNO2/c1-17(27)5-3-2-4-6-18-7-9-19(10-8-18)21-11-13-23(26-16-21)20-12-14-24(28)22(25)15-20/h4,6-17,27-28H,2-3,5H2,1H3. The maximum atomic E-state index is 13.5. The maximum absolute atomic E-state index is 13.5. The van der Waals surface area contributed by atoms with E-state index in [1.54, 1.807) is 12.3 Å². The van der Waals surface area contributed by atoms with Crippen molar-refractivity contribution in [1.82, 2.24) is 4.98 Å². The van der Waals surface area contributed by atoms with Crippen molar-refractivity contribution in [3.8, 4) is 28.1 Å². The highest BCUT2D eigenvalue weighted by Gasteiger charge is 2.06. The third kappa shape index (κ3) is 5.27. The summed E-state index contributed by atoms with van der Waals surface area (Å²) in [7, 11) is 0. The summed E-state index contributed by atoms with van der Waals surface area (Å²) in [5, 5.41) is 18.6. The van der Waals surface area contributed by atoms with Crippen molar-refractivity contribution in [2.24, 2.45) is 0 Å². The fourth-order valence-electron chi connectivity index (χ4n) is 2.94. The van der Waals surface area contributed by atoms with Gasteiger partial charge in [-0.1, -0.05) is 42.5 Å². The van der Waals surface area contributed by atoms with Gasteiger partial charge in [0.15, 0.2) is 11.6 Å². The second kappa shape index (κ2) is 9.29.